The summed E-state index contributed by atoms with van der Waals surface area (Å²) >= 11 is 0. The lowest BCUT2D eigenvalue weighted by Crippen LogP contribution is -2.45. The van der Waals surface area contributed by atoms with E-state index in [1.807, 2.05) is 11.8 Å². The molecule has 1 aromatic carbocycles. The molecule has 1 heterocycles. The van der Waals surface area contributed by atoms with Crippen LogP contribution in [-0.4, -0.2) is 41.2 Å². The average molecular weight is 314 g/mol. The van der Waals surface area contributed by atoms with E-state index < -0.39 is 0 Å². The summed E-state index contributed by atoms with van der Waals surface area (Å²) in [5, 5.41) is 0. The van der Waals surface area contributed by atoms with Crippen molar-refractivity contribution in [3.63, 3.8) is 0 Å². The van der Waals surface area contributed by atoms with Crippen LogP contribution in [0.2, 0.25) is 0 Å². The molecular weight excluding hydrogens is 288 g/mol. The van der Waals surface area contributed by atoms with E-state index in [9.17, 15) is 9.59 Å². The monoisotopic (exact) mass is 314 g/mol. The first-order valence-electron chi connectivity index (χ1n) is 8.34. The van der Waals surface area contributed by atoms with Crippen LogP contribution in [0.1, 0.15) is 43.4 Å². The highest BCUT2D eigenvalue weighted by atomic mass is 16.2. The first-order valence-corrected chi connectivity index (χ1v) is 8.34. The van der Waals surface area contributed by atoms with Crippen molar-refractivity contribution in [2.24, 2.45) is 0 Å². The molecule has 124 valence electrons. The second-order valence-corrected chi connectivity index (χ2v) is 6.07. The molecule has 4 nitrogen and oxygen atoms in total. The van der Waals surface area contributed by atoms with Crippen LogP contribution in [0.4, 0.5) is 0 Å². The topological polar surface area (TPSA) is 40.6 Å². The van der Waals surface area contributed by atoms with Crippen LogP contribution in [-0.2, 0) is 9.59 Å². The highest BCUT2D eigenvalue weighted by Gasteiger charge is 2.29. The van der Waals surface area contributed by atoms with Crippen LogP contribution in [0, 0.1) is 6.92 Å². The zero-order valence-electron chi connectivity index (χ0n) is 14.1. The number of likely N-dealkylation sites (tertiary alicyclic amines) is 1. The van der Waals surface area contributed by atoms with Gasteiger partial charge in [-0.1, -0.05) is 36.4 Å². The molecule has 0 saturated carbocycles. The third-order valence-electron chi connectivity index (χ3n) is 4.48. The fourth-order valence-corrected chi connectivity index (χ4v) is 3.09. The molecule has 1 unspecified atom stereocenters. The van der Waals surface area contributed by atoms with E-state index in [1.54, 1.807) is 0 Å². The van der Waals surface area contributed by atoms with Crippen LogP contribution in [0.3, 0.4) is 0 Å². The number of likely N-dealkylation sites (N-methyl/N-ethyl adjacent to an activating group) is 1. The second-order valence-electron chi connectivity index (χ2n) is 6.07. The van der Waals surface area contributed by atoms with E-state index in [-0.39, 0.29) is 24.4 Å². The van der Waals surface area contributed by atoms with Gasteiger partial charge < -0.3 is 9.80 Å². The van der Waals surface area contributed by atoms with Gasteiger partial charge in [0.2, 0.25) is 11.8 Å². The van der Waals surface area contributed by atoms with Gasteiger partial charge in [-0.25, -0.2) is 0 Å². The molecule has 0 N–H and O–H groups in total. The SMILES string of the molecule is C=CC(=O)N(CC)CC(=O)N1CCCCC1c1ccc(C)cc1. The van der Waals surface area contributed by atoms with Gasteiger partial charge in [-0.15, -0.1) is 0 Å². The second kappa shape index (κ2) is 7.95. The number of nitrogens with zero attached hydrogens (tertiary/aromatic N) is 2. The highest BCUT2D eigenvalue weighted by Crippen LogP contribution is 2.31. The normalized spacial score (nSPS) is 17.7. The Morgan fingerprint density at radius 1 is 1.30 bits per heavy atom. The van der Waals surface area contributed by atoms with Gasteiger partial charge in [0.15, 0.2) is 0 Å². The molecule has 2 rings (SSSR count). The highest BCUT2D eigenvalue weighted by molar-refractivity contribution is 5.91. The van der Waals surface area contributed by atoms with Gasteiger partial charge in [-0.05, 0) is 44.7 Å². The Morgan fingerprint density at radius 3 is 2.61 bits per heavy atom. The van der Waals surface area contributed by atoms with E-state index in [1.165, 1.54) is 22.1 Å². The Balaban J connectivity index is 2.13. The molecule has 1 fully saturated rings. The number of carbonyl (C=O) groups is 2. The minimum Gasteiger partial charge on any atom is -0.334 e. The number of carbonyl (C=O) groups excluding carboxylic acids is 2. The number of benzene rings is 1. The quantitative estimate of drug-likeness (QED) is 0.784. The molecule has 0 aliphatic carbocycles. The van der Waals surface area contributed by atoms with Crippen LogP contribution in [0.25, 0.3) is 0 Å². The van der Waals surface area contributed by atoms with Gasteiger partial charge in [-0.3, -0.25) is 9.59 Å². The molecule has 0 bridgehead atoms. The Hall–Kier alpha value is -2.10. The molecule has 0 spiro atoms. The summed E-state index contributed by atoms with van der Waals surface area (Å²) in [5.74, 6) is -0.169. The molecule has 0 radical (unpaired) electrons. The molecule has 1 aliphatic heterocycles. The minimum absolute atomic E-state index is 0.0207. The lowest BCUT2D eigenvalue weighted by Gasteiger charge is -2.37. The number of hydrogen-bond donors (Lipinski definition) is 0. The Kier molecular flexibility index (Phi) is 5.97. The Bertz CT molecular complexity index is 565. The van der Waals surface area contributed by atoms with Crippen molar-refractivity contribution in [2.45, 2.75) is 39.2 Å². The standard InChI is InChI=1S/C19H26N2O2/c1-4-18(22)20(5-2)14-19(23)21-13-7-6-8-17(21)16-11-9-15(3)10-12-16/h4,9-12,17H,1,5-8,13-14H2,2-3H3. The zero-order chi connectivity index (χ0) is 16.8. The third kappa shape index (κ3) is 4.21. The summed E-state index contributed by atoms with van der Waals surface area (Å²) in [6.45, 7) is 8.85. The lowest BCUT2D eigenvalue weighted by atomic mass is 9.94. The van der Waals surface area contributed by atoms with Gasteiger partial charge in [-0.2, -0.15) is 0 Å². The predicted molar refractivity (Wildman–Crippen MR) is 91.9 cm³/mol. The van der Waals surface area contributed by atoms with Crippen molar-refractivity contribution in [3.05, 3.63) is 48.0 Å². The van der Waals surface area contributed by atoms with E-state index >= 15 is 0 Å². The van der Waals surface area contributed by atoms with Crippen molar-refractivity contribution in [1.29, 1.82) is 0 Å². The molecule has 1 aliphatic rings. The van der Waals surface area contributed by atoms with E-state index in [0.717, 1.165) is 25.8 Å². The first kappa shape index (κ1) is 17.3. The third-order valence-corrected chi connectivity index (χ3v) is 4.48. The molecule has 1 aromatic rings. The summed E-state index contributed by atoms with van der Waals surface area (Å²) < 4.78 is 0. The maximum Gasteiger partial charge on any atom is 0.246 e. The van der Waals surface area contributed by atoms with Gasteiger partial charge in [0.25, 0.3) is 0 Å². The number of hydrogen-bond acceptors (Lipinski definition) is 2. The van der Waals surface area contributed by atoms with Crippen LogP contribution in [0.15, 0.2) is 36.9 Å². The van der Waals surface area contributed by atoms with Crippen molar-refractivity contribution >= 4 is 11.8 Å². The molecule has 4 heteroatoms. The van der Waals surface area contributed by atoms with Gasteiger partial charge >= 0.3 is 0 Å². The molecule has 1 saturated heterocycles. The van der Waals surface area contributed by atoms with Gasteiger partial charge in [0, 0.05) is 13.1 Å². The largest absolute Gasteiger partial charge is 0.334 e. The smallest absolute Gasteiger partial charge is 0.246 e. The van der Waals surface area contributed by atoms with Crippen molar-refractivity contribution in [2.75, 3.05) is 19.6 Å². The number of piperidine rings is 1. The summed E-state index contributed by atoms with van der Waals surface area (Å²) in [7, 11) is 0. The fourth-order valence-electron chi connectivity index (χ4n) is 3.09. The maximum atomic E-state index is 12.7. The number of aryl methyl sites for hydroxylation is 1. The van der Waals surface area contributed by atoms with E-state index in [4.69, 9.17) is 0 Å². The summed E-state index contributed by atoms with van der Waals surface area (Å²) in [4.78, 5) is 28.0. The van der Waals surface area contributed by atoms with Gasteiger partial charge in [0.1, 0.15) is 6.54 Å². The van der Waals surface area contributed by atoms with Crippen molar-refractivity contribution in [1.82, 2.24) is 9.80 Å². The fraction of sp³-hybridized carbons (Fsp3) is 0.474. The average Bonchev–Trinajstić information content (AvgIpc) is 2.59. The lowest BCUT2D eigenvalue weighted by molar-refractivity contribution is -0.140. The molecule has 2 amide bonds. The zero-order valence-corrected chi connectivity index (χ0v) is 14.1. The van der Waals surface area contributed by atoms with E-state index in [2.05, 4.69) is 37.8 Å². The van der Waals surface area contributed by atoms with Crippen LogP contribution < -0.4 is 0 Å². The van der Waals surface area contributed by atoms with Crippen LogP contribution >= 0.6 is 0 Å². The van der Waals surface area contributed by atoms with Crippen LogP contribution in [0.5, 0.6) is 0 Å². The Labute approximate surface area is 138 Å². The predicted octanol–water partition coefficient (Wildman–Crippen LogP) is 3.08. The maximum absolute atomic E-state index is 12.7. The summed E-state index contributed by atoms with van der Waals surface area (Å²) in [6.07, 6.45) is 4.40. The molecular formula is C19H26N2O2. The number of rotatable bonds is 5. The number of amides is 2. The molecule has 0 aromatic heterocycles. The van der Waals surface area contributed by atoms with Gasteiger partial charge in [0.05, 0.1) is 6.04 Å². The summed E-state index contributed by atoms with van der Waals surface area (Å²) in [6, 6.07) is 8.52. The summed E-state index contributed by atoms with van der Waals surface area (Å²) in [5.41, 5.74) is 2.40. The van der Waals surface area contributed by atoms with Crippen molar-refractivity contribution < 1.29 is 9.59 Å². The minimum atomic E-state index is -0.190. The molecule has 1 atom stereocenters. The van der Waals surface area contributed by atoms with Crippen molar-refractivity contribution in [3.8, 4) is 0 Å². The first-order chi connectivity index (χ1) is 11.1. The Morgan fingerprint density at radius 2 is 2.00 bits per heavy atom. The molecule has 23 heavy (non-hydrogen) atoms. The van der Waals surface area contributed by atoms with E-state index in [0.29, 0.717) is 6.54 Å².